The molecule has 5 rings (SSSR count). The minimum absolute atomic E-state index is 0.0770. The molecule has 1 atom stereocenters. The van der Waals surface area contributed by atoms with Gasteiger partial charge in [-0.2, -0.15) is 5.10 Å². The molecule has 34 heavy (non-hydrogen) atoms. The van der Waals surface area contributed by atoms with Crippen molar-refractivity contribution >= 4 is 46.0 Å². The van der Waals surface area contributed by atoms with Crippen LogP contribution >= 0.6 is 11.6 Å². The maximum absolute atomic E-state index is 12.7. The Kier molecular flexibility index (Phi) is 6.13. The number of rotatable bonds is 8. The average molecular weight is 480 g/mol. The van der Waals surface area contributed by atoms with Gasteiger partial charge >= 0.3 is 0 Å². The van der Waals surface area contributed by atoms with Gasteiger partial charge in [0.15, 0.2) is 5.65 Å². The van der Waals surface area contributed by atoms with E-state index < -0.39 is 5.92 Å². The van der Waals surface area contributed by atoms with Gasteiger partial charge in [-0.15, -0.1) is 0 Å². The van der Waals surface area contributed by atoms with Crippen LogP contribution in [-0.4, -0.2) is 44.7 Å². The molecule has 0 saturated carbocycles. The van der Waals surface area contributed by atoms with Gasteiger partial charge in [0.05, 0.1) is 36.9 Å². The van der Waals surface area contributed by atoms with Crippen molar-refractivity contribution in [1.29, 1.82) is 0 Å². The Morgan fingerprint density at radius 2 is 2.06 bits per heavy atom. The third-order valence-corrected chi connectivity index (χ3v) is 5.95. The van der Waals surface area contributed by atoms with Gasteiger partial charge in [-0.05, 0) is 36.4 Å². The van der Waals surface area contributed by atoms with Crippen LogP contribution in [0.5, 0.6) is 0 Å². The molecule has 4 heterocycles. The number of anilines is 2. The third-order valence-electron chi connectivity index (χ3n) is 5.70. The van der Waals surface area contributed by atoms with Crippen molar-refractivity contribution in [2.24, 2.45) is 5.92 Å². The fourth-order valence-corrected chi connectivity index (χ4v) is 4.09. The van der Waals surface area contributed by atoms with Crippen molar-refractivity contribution in [2.75, 3.05) is 23.3 Å². The molecule has 1 saturated heterocycles. The summed E-state index contributed by atoms with van der Waals surface area (Å²) in [6.07, 6.45) is 4.97. The van der Waals surface area contributed by atoms with Crippen molar-refractivity contribution < 1.29 is 14.0 Å². The average Bonchev–Trinajstić information content (AvgIpc) is 3.59. The van der Waals surface area contributed by atoms with E-state index in [-0.39, 0.29) is 18.2 Å². The molecule has 4 aromatic rings. The summed E-state index contributed by atoms with van der Waals surface area (Å²) in [5.74, 6) is 0.811. The summed E-state index contributed by atoms with van der Waals surface area (Å²) in [5, 5.41) is 11.9. The number of amides is 2. The van der Waals surface area contributed by atoms with Gasteiger partial charge in [-0.25, -0.2) is 14.6 Å². The van der Waals surface area contributed by atoms with E-state index in [0.717, 1.165) is 16.8 Å². The first-order chi connectivity index (χ1) is 16.6. The Balaban J connectivity index is 1.17. The molecule has 174 valence electrons. The molecule has 1 unspecified atom stereocenters. The van der Waals surface area contributed by atoms with Crippen LogP contribution in [-0.2, 0) is 22.7 Å². The Bertz CT molecular complexity index is 1300. The molecular formula is C23H22ClN7O3. The number of hydrogen-bond acceptors (Lipinski definition) is 7. The summed E-state index contributed by atoms with van der Waals surface area (Å²) in [5.41, 5.74) is 1.40. The monoisotopic (exact) mass is 479 g/mol. The second-order valence-corrected chi connectivity index (χ2v) is 8.37. The number of hydrogen-bond donors (Lipinski definition) is 2. The minimum atomic E-state index is -0.405. The van der Waals surface area contributed by atoms with Gasteiger partial charge in [0.1, 0.15) is 17.9 Å². The number of furan rings is 1. The number of aromatic nitrogens is 4. The standard InChI is InChI=1S/C23H22ClN7O3/c24-16-3-5-17(6-4-16)30-13-15(10-20(30)32)23(33)25-7-8-31-22-19(12-29-31)21(27-14-28-22)26-11-18-2-1-9-34-18/h1-6,9,12,14-15H,7-8,10-11,13H2,(H,25,33)(H,26,27,28). The highest BCUT2D eigenvalue weighted by Crippen LogP contribution is 2.26. The summed E-state index contributed by atoms with van der Waals surface area (Å²) >= 11 is 5.93. The zero-order chi connectivity index (χ0) is 23.5. The summed E-state index contributed by atoms with van der Waals surface area (Å²) in [6, 6.07) is 10.7. The summed E-state index contributed by atoms with van der Waals surface area (Å²) in [6.45, 7) is 1.63. The van der Waals surface area contributed by atoms with Crippen molar-refractivity contribution in [2.45, 2.75) is 19.5 Å². The van der Waals surface area contributed by atoms with Crippen LogP contribution in [0.2, 0.25) is 5.02 Å². The van der Waals surface area contributed by atoms with E-state index in [9.17, 15) is 9.59 Å². The van der Waals surface area contributed by atoms with Gasteiger partial charge in [-0.1, -0.05) is 11.6 Å². The van der Waals surface area contributed by atoms with Crippen LogP contribution in [0.4, 0.5) is 11.5 Å². The van der Waals surface area contributed by atoms with Crippen molar-refractivity contribution in [3.63, 3.8) is 0 Å². The molecule has 10 nitrogen and oxygen atoms in total. The van der Waals surface area contributed by atoms with E-state index in [1.807, 2.05) is 12.1 Å². The molecule has 0 bridgehead atoms. The van der Waals surface area contributed by atoms with E-state index in [2.05, 4.69) is 25.7 Å². The number of carbonyl (C=O) groups is 2. The van der Waals surface area contributed by atoms with Crippen LogP contribution in [0, 0.1) is 5.92 Å². The van der Waals surface area contributed by atoms with Crippen LogP contribution in [0.15, 0.2) is 59.6 Å². The zero-order valence-corrected chi connectivity index (χ0v) is 18.9. The first-order valence-electron chi connectivity index (χ1n) is 10.8. The zero-order valence-electron chi connectivity index (χ0n) is 18.1. The molecule has 1 aliphatic heterocycles. The largest absolute Gasteiger partial charge is 0.467 e. The number of nitrogens with zero attached hydrogens (tertiary/aromatic N) is 5. The lowest BCUT2D eigenvalue weighted by Crippen LogP contribution is -2.35. The van der Waals surface area contributed by atoms with Gasteiger partial charge < -0.3 is 20.0 Å². The van der Waals surface area contributed by atoms with Gasteiger partial charge in [0.2, 0.25) is 11.8 Å². The third kappa shape index (κ3) is 4.58. The lowest BCUT2D eigenvalue weighted by molar-refractivity contribution is -0.126. The lowest BCUT2D eigenvalue weighted by atomic mass is 10.1. The molecule has 2 N–H and O–H groups in total. The molecule has 1 fully saturated rings. The van der Waals surface area contributed by atoms with Gasteiger partial charge in [0.25, 0.3) is 0 Å². The van der Waals surface area contributed by atoms with Crippen LogP contribution < -0.4 is 15.5 Å². The SMILES string of the molecule is O=C(NCCn1ncc2c(NCc3ccco3)ncnc21)C1CC(=O)N(c2ccc(Cl)cc2)C1. The van der Waals surface area contributed by atoms with E-state index >= 15 is 0 Å². The Hall–Kier alpha value is -3.92. The predicted molar refractivity (Wildman–Crippen MR) is 126 cm³/mol. The maximum Gasteiger partial charge on any atom is 0.227 e. The molecule has 1 aromatic carbocycles. The van der Waals surface area contributed by atoms with Crippen molar-refractivity contribution in [3.8, 4) is 0 Å². The van der Waals surface area contributed by atoms with Crippen LogP contribution in [0.3, 0.4) is 0 Å². The molecule has 1 aliphatic rings. The fourth-order valence-electron chi connectivity index (χ4n) is 3.96. The normalized spacial score (nSPS) is 15.7. The number of carbonyl (C=O) groups excluding carboxylic acids is 2. The quantitative estimate of drug-likeness (QED) is 0.399. The van der Waals surface area contributed by atoms with Crippen molar-refractivity contribution in [1.82, 2.24) is 25.1 Å². The Morgan fingerprint density at radius 1 is 1.21 bits per heavy atom. The van der Waals surface area contributed by atoms with E-state index in [1.54, 1.807) is 46.3 Å². The van der Waals surface area contributed by atoms with Crippen LogP contribution in [0.1, 0.15) is 12.2 Å². The highest BCUT2D eigenvalue weighted by Gasteiger charge is 2.34. The summed E-state index contributed by atoms with van der Waals surface area (Å²) in [7, 11) is 0. The second-order valence-electron chi connectivity index (χ2n) is 7.93. The van der Waals surface area contributed by atoms with E-state index in [4.69, 9.17) is 16.0 Å². The van der Waals surface area contributed by atoms with E-state index in [0.29, 0.717) is 42.7 Å². The smallest absolute Gasteiger partial charge is 0.227 e. The minimum Gasteiger partial charge on any atom is -0.467 e. The first kappa shape index (κ1) is 21.9. The number of fused-ring (bicyclic) bond motifs is 1. The first-order valence-corrected chi connectivity index (χ1v) is 11.2. The Morgan fingerprint density at radius 3 is 2.85 bits per heavy atom. The highest BCUT2D eigenvalue weighted by atomic mass is 35.5. The molecular weight excluding hydrogens is 458 g/mol. The number of nitrogens with one attached hydrogen (secondary N) is 2. The lowest BCUT2D eigenvalue weighted by Gasteiger charge is -2.16. The Labute approximate surface area is 199 Å². The maximum atomic E-state index is 12.7. The van der Waals surface area contributed by atoms with Crippen LogP contribution in [0.25, 0.3) is 11.0 Å². The molecule has 0 radical (unpaired) electrons. The highest BCUT2D eigenvalue weighted by molar-refractivity contribution is 6.30. The summed E-state index contributed by atoms with van der Waals surface area (Å²) in [4.78, 5) is 35.3. The molecule has 11 heteroatoms. The molecule has 3 aromatic heterocycles. The van der Waals surface area contributed by atoms with Crippen molar-refractivity contribution in [3.05, 3.63) is 66.0 Å². The van der Waals surface area contributed by atoms with E-state index in [1.165, 1.54) is 6.33 Å². The second kappa shape index (κ2) is 9.52. The topological polar surface area (TPSA) is 118 Å². The van der Waals surface area contributed by atoms with Gasteiger partial charge in [-0.3, -0.25) is 9.59 Å². The predicted octanol–water partition coefficient (Wildman–Crippen LogP) is 2.85. The molecule has 0 aliphatic carbocycles. The molecule has 0 spiro atoms. The molecule has 2 amide bonds. The summed E-state index contributed by atoms with van der Waals surface area (Å²) < 4.78 is 7.05. The number of benzene rings is 1. The fraction of sp³-hybridized carbons (Fsp3) is 0.261. The van der Waals surface area contributed by atoms with Gasteiger partial charge in [0, 0.05) is 30.2 Å². The number of halogens is 1.